The van der Waals surface area contributed by atoms with Crippen molar-refractivity contribution in [1.82, 2.24) is 14.5 Å². The van der Waals surface area contributed by atoms with Crippen LogP contribution in [0.3, 0.4) is 0 Å². The van der Waals surface area contributed by atoms with Crippen molar-refractivity contribution in [2.45, 2.75) is 45.9 Å². The van der Waals surface area contributed by atoms with Crippen LogP contribution in [0.5, 0.6) is 0 Å². The quantitative estimate of drug-likeness (QED) is 0.457. The van der Waals surface area contributed by atoms with Gasteiger partial charge in [0.1, 0.15) is 18.9 Å². The number of carbonyl (C=O) groups is 2. The molecule has 7 heteroatoms. The molecule has 0 bridgehead atoms. The second-order valence-corrected chi connectivity index (χ2v) is 9.34. The standard InChI is InChI=1S/C25H31N4O3/c1-17-28(12-13-29(17)16-32-24(31)25(10-11-25)15-26-2)14-18-8-9-21-22(23(18)30)19-6-4-5-7-20(19)27(21)3/h4-7,12-13,18,26H,8-11,14-16H2,1-3H3/q+1. The second-order valence-electron chi connectivity index (χ2n) is 9.34. The van der Waals surface area contributed by atoms with Gasteiger partial charge in [0.25, 0.3) is 5.82 Å². The van der Waals surface area contributed by atoms with Crippen LogP contribution in [-0.2, 0) is 36.3 Å². The maximum absolute atomic E-state index is 13.5. The third-order valence-electron chi connectivity index (χ3n) is 7.39. The predicted octanol–water partition coefficient (Wildman–Crippen LogP) is 2.52. The molecule has 0 amide bonds. The van der Waals surface area contributed by atoms with Gasteiger partial charge < -0.3 is 14.6 Å². The summed E-state index contributed by atoms with van der Waals surface area (Å²) < 4.78 is 11.8. The van der Waals surface area contributed by atoms with E-state index in [1.807, 2.05) is 43.1 Å². The van der Waals surface area contributed by atoms with Crippen molar-refractivity contribution in [3.63, 3.8) is 0 Å². The molecule has 2 heterocycles. The molecule has 0 aliphatic heterocycles. The number of carbonyl (C=O) groups excluding carboxylic acids is 2. The number of aromatic nitrogens is 3. The monoisotopic (exact) mass is 435 g/mol. The highest BCUT2D eigenvalue weighted by molar-refractivity contribution is 6.11. The Morgan fingerprint density at radius 1 is 1.31 bits per heavy atom. The van der Waals surface area contributed by atoms with Gasteiger partial charge in [-0.05, 0) is 38.8 Å². The average molecular weight is 436 g/mol. The molecule has 0 saturated heterocycles. The summed E-state index contributed by atoms with van der Waals surface area (Å²) in [6.45, 7) is 3.51. The number of fused-ring (bicyclic) bond motifs is 3. The molecule has 2 aliphatic carbocycles. The molecular weight excluding hydrogens is 404 g/mol. The van der Waals surface area contributed by atoms with Gasteiger partial charge in [-0.1, -0.05) is 18.2 Å². The molecular formula is C25H31N4O3+. The van der Waals surface area contributed by atoms with Gasteiger partial charge in [-0.15, -0.1) is 0 Å². The summed E-state index contributed by atoms with van der Waals surface area (Å²) in [7, 11) is 3.91. The Balaban J connectivity index is 1.30. The lowest BCUT2D eigenvalue weighted by Crippen LogP contribution is -2.40. The normalized spacial score (nSPS) is 19.2. The van der Waals surface area contributed by atoms with E-state index in [9.17, 15) is 9.59 Å². The average Bonchev–Trinajstić information content (AvgIpc) is 3.42. The summed E-state index contributed by atoms with van der Waals surface area (Å²) in [6.07, 6.45) is 7.43. The largest absolute Gasteiger partial charge is 0.424 e. The van der Waals surface area contributed by atoms with Crippen molar-refractivity contribution < 1.29 is 18.9 Å². The fourth-order valence-corrected chi connectivity index (χ4v) is 5.17. The van der Waals surface area contributed by atoms with E-state index in [2.05, 4.69) is 33.6 Å². The van der Waals surface area contributed by atoms with Gasteiger partial charge >= 0.3 is 5.97 Å². The van der Waals surface area contributed by atoms with E-state index in [0.29, 0.717) is 13.1 Å². The van der Waals surface area contributed by atoms with E-state index < -0.39 is 0 Å². The molecule has 0 radical (unpaired) electrons. The fourth-order valence-electron chi connectivity index (χ4n) is 5.17. The fraction of sp³-hybridized carbons (Fsp3) is 0.480. The van der Waals surface area contributed by atoms with Gasteiger partial charge in [0.15, 0.2) is 5.78 Å². The van der Waals surface area contributed by atoms with Crippen LogP contribution in [0.1, 0.15) is 41.1 Å². The number of benzene rings is 1. The van der Waals surface area contributed by atoms with E-state index >= 15 is 0 Å². The molecule has 1 N–H and O–H groups in total. The Kier molecular flexibility index (Phi) is 5.16. The zero-order valence-corrected chi connectivity index (χ0v) is 19.1. The van der Waals surface area contributed by atoms with Crippen LogP contribution in [-0.4, -0.2) is 34.5 Å². The predicted molar refractivity (Wildman–Crippen MR) is 120 cm³/mol. The molecule has 1 unspecified atom stereocenters. The molecule has 168 valence electrons. The molecule has 1 atom stereocenters. The van der Waals surface area contributed by atoms with Crippen LogP contribution in [0.4, 0.5) is 0 Å². The van der Waals surface area contributed by atoms with Crippen LogP contribution in [0.25, 0.3) is 10.9 Å². The topological polar surface area (TPSA) is 69.1 Å². The first-order valence-electron chi connectivity index (χ1n) is 11.4. The van der Waals surface area contributed by atoms with Gasteiger partial charge in [-0.25, -0.2) is 4.57 Å². The highest BCUT2D eigenvalue weighted by Crippen LogP contribution is 2.46. The summed E-state index contributed by atoms with van der Waals surface area (Å²) in [5.74, 6) is 1.03. The zero-order valence-electron chi connectivity index (χ0n) is 19.1. The Bertz CT molecular complexity index is 1200. The summed E-state index contributed by atoms with van der Waals surface area (Å²) in [6, 6.07) is 8.16. The van der Waals surface area contributed by atoms with Gasteiger partial charge in [-0.3, -0.25) is 9.59 Å². The molecule has 2 aromatic heterocycles. The third-order valence-corrected chi connectivity index (χ3v) is 7.39. The van der Waals surface area contributed by atoms with Gasteiger partial charge in [0.05, 0.1) is 11.3 Å². The maximum atomic E-state index is 13.5. The summed E-state index contributed by atoms with van der Waals surface area (Å²) in [5.41, 5.74) is 2.82. The smallest absolute Gasteiger partial charge is 0.316 e. The maximum Gasteiger partial charge on any atom is 0.316 e. The first kappa shape index (κ1) is 20.9. The summed E-state index contributed by atoms with van der Waals surface area (Å²) in [4.78, 5) is 25.9. The Morgan fingerprint density at radius 3 is 2.84 bits per heavy atom. The first-order valence-corrected chi connectivity index (χ1v) is 11.4. The van der Waals surface area contributed by atoms with E-state index in [-0.39, 0.29) is 29.8 Å². The molecule has 3 aromatic rings. The Morgan fingerprint density at radius 2 is 2.09 bits per heavy atom. The minimum absolute atomic E-state index is 0.0548. The highest BCUT2D eigenvalue weighted by Gasteiger charge is 2.51. The minimum atomic E-state index is -0.337. The number of ether oxygens (including phenoxy) is 1. The number of rotatable bonds is 7. The van der Waals surface area contributed by atoms with Crippen molar-refractivity contribution in [3.8, 4) is 0 Å². The Hall–Kier alpha value is -2.93. The van der Waals surface area contributed by atoms with Crippen molar-refractivity contribution in [1.29, 1.82) is 0 Å². The zero-order chi connectivity index (χ0) is 22.5. The lowest BCUT2D eigenvalue weighted by Gasteiger charge is -2.21. The molecule has 7 nitrogen and oxygen atoms in total. The third kappa shape index (κ3) is 3.35. The second kappa shape index (κ2) is 7.89. The number of ketones is 1. The number of hydrogen-bond donors (Lipinski definition) is 1. The van der Waals surface area contributed by atoms with Crippen LogP contribution >= 0.6 is 0 Å². The van der Waals surface area contributed by atoms with Crippen LogP contribution < -0.4 is 9.88 Å². The summed E-state index contributed by atoms with van der Waals surface area (Å²) in [5, 5.41) is 4.15. The van der Waals surface area contributed by atoms with E-state index in [1.165, 1.54) is 0 Å². The molecule has 32 heavy (non-hydrogen) atoms. The molecule has 1 aromatic carbocycles. The number of imidazole rings is 1. The van der Waals surface area contributed by atoms with Crippen LogP contribution in [0.2, 0.25) is 0 Å². The molecule has 1 saturated carbocycles. The highest BCUT2D eigenvalue weighted by atomic mass is 16.5. The van der Waals surface area contributed by atoms with Gasteiger partial charge in [0, 0.05) is 42.7 Å². The van der Waals surface area contributed by atoms with Crippen molar-refractivity contribution in [2.75, 3.05) is 13.6 Å². The molecule has 0 spiro atoms. The number of esters is 1. The number of Topliss-reactive ketones (excluding diaryl/α,β-unsaturated/α-hetero) is 1. The number of nitrogens with one attached hydrogen (secondary N) is 1. The number of hydrogen-bond acceptors (Lipinski definition) is 4. The lowest BCUT2D eigenvalue weighted by atomic mass is 9.85. The van der Waals surface area contributed by atoms with Crippen LogP contribution in [0.15, 0.2) is 36.7 Å². The van der Waals surface area contributed by atoms with E-state index in [4.69, 9.17) is 4.74 Å². The van der Waals surface area contributed by atoms with Gasteiger partial charge in [-0.2, -0.15) is 4.57 Å². The van der Waals surface area contributed by atoms with Crippen LogP contribution in [0, 0.1) is 18.3 Å². The number of nitrogens with zero attached hydrogens (tertiary/aromatic N) is 3. The van der Waals surface area contributed by atoms with E-state index in [1.54, 1.807) is 0 Å². The van der Waals surface area contributed by atoms with E-state index in [0.717, 1.165) is 53.7 Å². The Labute approximate surface area is 188 Å². The lowest BCUT2D eigenvalue weighted by molar-refractivity contribution is -0.732. The first-order chi connectivity index (χ1) is 15.4. The number of para-hydroxylation sites is 1. The minimum Gasteiger partial charge on any atom is -0.424 e. The number of aryl methyl sites for hydroxylation is 1. The van der Waals surface area contributed by atoms with Crippen molar-refractivity contribution in [2.24, 2.45) is 18.4 Å². The molecule has 1 fully saturated rings. The summed E-state index contributed by atoms with van der Waals surface area (Å²) >= 11 is 0. The SMILES string of the molecule is CNCC1(C(=O)OC[n+]2ccn(CC3CCc4c(c5ccccc5n4C)C3=O)c2C)CC1. The molecule has 5 rings (SSSR count). The molecule has 2 aliphatic rings. The van der Waals surface area contributed by atoms with Crippen molar-refractivity contribution in [3.05, 3.63) is 53.7 Å². The van der Waals surface area contributed by atoms with Crippen molar-refractivity contribution >= 4 is 22.7 Å². The van der Waals surface area contributed by atoms with Gasteiger partial charge in [0.2, 0.25) is 6.73 Å².